The third-order valence-corrected chi connectivity index (χ3v) is 6.34. The number of ether oxygens (including phenoxy) is 2. The Bertz CT molecular complexity index is 1010. The summed E-state index contributed by atoms with van der Waals surface area (Å²) < 4.78 is 10.8. The largest absolute Gasteiger partial charge is 0.463 e. The summed E-state index contributed by atoms with van der Waals surface area (Å²) in [5.41, 5.74) is 4.04. The molecule has 0 unspecified atom stereocenters. The molecule has 2 atom stereocenters. The van der Waals surface area contributed by atoms with Crippen molar-refractivity contribution in [3.63, 3.8) is 0 Å². The fourth-order valence-electron chi connectivity index (χ4n) is 3.99. The van der Waals surface area contributed by atoms with Crippen molar-refractivity contribution in [1.29, 1.82) is 0 Å². The highest BCUT2D eigenvalue weighted by Crippen LogP contribution is 2.21. The number of carbonyl (C=O) groups is 2. The Labute approximate surface area is 211 Å². The monoisotopic (exact) mass is 494 g/mol. The standard InChI is InChI=1S/C28H34N2O4S/c1-21(2)34-27(31)17-24(15-22-9-5-3-6-10-22)13-14-25(16-23-11-7-4-8-12-23)30-28(32)33-19-26-18-29-20-35-26/h3-12,18,20-21,24-25H,13-17,19H2,1-2H3,(H,30,32)/t24-,25+/m0/s1. The molecule has 0 radical (unpaired) electrons. The Morgan fingerprint density at radius 2 is 1.60 bits per heavy atom. The minimum atomic E-state index is -0.446. The van der Waals surface area contributed by atoms with Crippen molar-refractivity contribution in [3.05, 3.63) is 88.4 Å². The van der Waals surface area contributed by atoms with Gasteiger partial charge in [-0.05, 0) is 56.6 Å². The number of amides is 1. The number of carbonyl (C=O) groups excluding carboxylic acids is 2. The molecule has 0 saturated heterocycles. The average molecular weight is 495 g/mol. The maximum absolute atomic E-state index is 12.6. The molecule has 0 aliphatic rings. The van der Waals surface area contributed by atoms with E-state index in [1.165, 1.54) is 16.9 Å². The first kappa shape index (κ1) is 26.4. The molecule has 0 fully saturated rings. The van der Waals surface area contributed by atoms with E-state index in [2.05, 4.69) is 34.6 Å². The van der Waals surface area contributed by atoms with Crippen LogP contribution < -0.4 is 5.32 Å². The third-order valence-electron chi connectivity index (χ3n) is 5.59. The number of nitrogens with one attached hydrogen (secondary N) is 1. The van der Waals surface area contributed by atoms with Crippen LogP contribution in [0.25, 0.3) is 0 Å². The number of thiazole rings is 1. The third kappa shape index (κ3) is 10.3. The minimum Gasteiger partial charge on any atom is -0.463 e. The fourth-order valence-corrected chi connectivity index (χ4v) is 4.50. The van der Waals surface area contributed by atoms with Gasteiger partial charge in [0.1, 0.15) is 6.61 Å². The van der Waals surface area contributed by atoms with Crippen LogP contribution in [0.1, 0.15) is 49.1 Å². The van der Waals surface area contributed by atoms with Gasteiger partial charge in [-0.3, -0.25) is 9.78 Å². The second-order valence-corrected chi connectivity index (χ2v) is 9.92. The zero-order valence-corrected chi connectivity index (χ0v) is 21.2. The predicted molar refractivity (Wildman–Crippen MR) is 138 cm³/mol. The highest BCUT2D eigenvalue weighted by Gasteiger charge is 2.21. The van der Waals surface area contributed by atoms with E-state index in [0.717, 1.165) is 29.7 Å². The second kappa shape index (κ2) is 14.3. The van der Waals surface area contributed by atoms with Gasteiger partial charge in [-0.1, -0.05) is 60.7 Å². The number of aromatic nitrogens is 1. The predicted octanol–water partition coefficient (Wildman–Crippen LogP) is 5.96. The Kier molecular flexibility index (Phi) is 10.8. The molecule has 2 aromatic carbocycles. The Morgan fingerprint density at radius 1 is 0.943 bits per heavy atom. The van der Waals surface area contributed by atoms with Gasteiger partial charge in [0, 0.05) is 18.7 Å². The maximum atomic E-state index is 12.6. The molecule has 7 heteroatoms. The van der Waals surface area contributed by atoms with E-state index in [-0.39, 0.29) is 30.6 Å². The summed E-state index contributed by atoms with van der Waals surface area (Å²) >= 11 is 1.45. The quantitative estimate of drug-likeness (QED) is 0.297. The van der Waals surface area contributed by atoms with Crippen molar-refractivity contribution in [2.45, 2.75) is 64.7 Å². The van der Waals surface area contributed by atoms with E-state index in [9.17, 15) is 9.59 Å². The first-order valence-electron chi connectivity index (χ1n) is 12.1. The van der Waals surface area contributed by atoms with Crippen LogP contribution in [-0.2, 0) is 33.7 Å². The van der Waals surface area contributed by atoms with Gasteiger partial charge in [0.05, 0.1) is 16.5 Å². The molecule has 0 saturated carbocycles. The van der Waals surface area contributed by atoms with Crippen LogP contribution in [0.15, 0.2) is 72.4 Å². The number of hydrogen-bond acceptors (Lipinski definition) is 6. The molecule has 6 nitrogen and oxygen atoms in total. The van der Waals surface area contributed by atoms with Gasteiger partial charge in [-0.25, -0.2) is 4.79 Å². The molecular formula is C28H34N2O4S. The van der Waals surface area contributed by atoms with Crippen LogP contribution in [0.2, 0.25) is 0 Å². The molecule has 0 aliphatic heterocycles. The summed E-state index contributed by atoms with van der Waals surface area (Å²) in [6.45, 7) is 3.93. The van der Waals surface area contributed by atoms with E-state index in [0.29, 0.717) is 12.8 Å². The van der Waals surface area contributed by atoms with Gasteiger partial charge in [-0.2, -0.15) is 0 Å². The number of nitrogens with zero attached hydrogens (tertiary/aromatic N) is 1. The summed E-state index contributed by atoms with van der Waals surface area (Å²) in [5, 5.41) is 3.04. The minimum absolute atomic E-state index is 0.108. The van der Waals surface area contributed by atoms with Crippen LogP contribution in [0.4, 0.5) is 4.79 Å². The first-order chi connectivity index (χ1) is 17.0. The summed E-state index contributed by atoms with van der Waals surface area (Å²) in [4.78, 5) is 29.9. The lowest BCUT2D eigenvalue weighted by Gasteiger charge is -2.23. The molecule has 35 heavy (non-hydrogen) atoms. The molecule has 3 aromatic rings. The van der Waals surface area contributed by atoms with E-state index < -0.39 is 6.09 Å². The maximum Gasteiger partial charge on any atom is 0.407 e. The molecular weight excluding hydrogens is 460 g/mol. The van der Waals surface area contributed by atoms with E-state index in [4.69, 9.17) is 9.47 Å². The number of hydrogen-bond donors (Lipinski definition) is 1. The number of alkyl carbamates (subject to hydrolysis) is 1. The molecule has 3 rings (SSSR count). The van der Waals surface area contributed by atoms with E-state index in [1.54, 1.807) is 11.7 Å². The van der Waals surface area contributed by atoms with Gasteiger partial charge < -0.3 is 14.8 Å². The molecule has 1 heterocycles. The Hall–Kier alpha value is -3.19. The highest BCUT2D eigenvalue weighted by molar-refractivity contribution is 7.09. The van der Waals surface area contributed by atoms with Crippen molar-refractivity contribution < 1.29 is 19.1 Å². The SMILES string of the molecule is CC(C)OC(=O)C[C@@H](CC[C@H](Cc1ccccc1)NC(=O)OCc1cncs1)Cc1ccccc1. The Morgan fingerprint density at radius 3 is 2.20 bits per heavy atom. The van der Waals surface area contributed by atoms with Crippen LogP contribution in [0.5, 0.6) is 0 Å². The summed E-state index contributed by atoms with van der Waals surface area (Å²) in [6.07, 6.45) is 4.42. The lowest BCUT2D eigenvalue weighted by atomic mass is 9.89. The van der Waals surface area contributed by atoms with Gasteiger partial charge in [0.25, 0.3) is 0 Å². The summed E-state index contributed by atoms with van der Waals surface area (Å²) in [7, 11) is 0. The zero-order valence-electron chi connectivity index (χ0n) is 20.4. The van der Waals surface area contributed by atoms with Crippen molar-refractivity contribution in [2.75, 3.05) is 0 Å². The topological polar surface area (TPSA) is 77.5 Å². The van der Waals surface area contributed by atoms with Crippen LogP contribution in [-0.4, -0.2) is 29.2 Å². The first-order valence-corrected chi connectivity index (χ1v) is 12.9. The van der Waals surface area contributed by atoms with Crippen LogP contribution in [0.3, 0.4) is 0 Å². The lowest BCUT2D eigenvalue weighted by Crippen LogP contribution is -2.37. The van der Waals surface area contributed by atoms with Crippen molar-refractivity contribution in [3.8, 4) is 0 Å². The van der Waals surface area contributed by atoms with Crippen LogP contribution in [0, 0.1) is 5.92 Å². The van der Waals surface area contributed by atoms with Gasteiger partial charge in [-0.15, -0.1) is 11.3 Å². The number of benzene rings is 2. The number of esters is 1. The molecule has 186 valence electrons. The van der Waals surface area contributed by atoms with Crippen molar-refractivity contribution in [2.24, 2.45) is 5.92 Å². The molecule has 0 spiro atoms. The van der Waals surface area contributed by atoms with Crippen LogP contribution >= 0.6 is 11.3 Å². The van der Waals surface area contributed by atoms with Gasteiger partial charge in [0.2, 0.25) is 0 Å². The average Bonchev–Trinajstić information content (AvgIpc) is 3.36. The molecule has 1 amide bonds. The van der Waals surface area contributed by atoms with E-state index in [1.807, 2.05) is 50.2 Å². The summed E-state index contributed by atoms with van der Waals surface area (Å²) in [5.74, 6) is -0.0746. The second-order valence-electron chi connectivity index (χ2n) is 8.95. The lowest BCUT2D eigenvalue weighted by molar-refractivity contribution is -0.148. The molecule has 1 N–H and O–H groups in total. The zero-order chi connectivity index (χ0) is 24.9. The van der Waals surface area contributed by atoms with Gasteiger partial charge >= 0.3 is 12.1 Å². The molecule has 0 aliphatic carbocycles. The van der Waals surface area contributed by atoms with E-state index >= 15 is 0 Å². The normalized spacial score (nSPS) is 12.7. The molecule has 0 bridgehead atoms. The fraction of sp³-hybridized carbons (Fsp3) is 0.393. The van der Waals surface area contributed by atoms with Crippen molar-refractivity contribution >= 4 is 23.4 Å². The Balaban J connectivity index is 1.64. The highest BCUT2D eigenvalue weighted by atomic mass is 32.1. The van der Waals surface area contributed by atoms with Crippen molar-refractivity contribution in [1.82, 2.24) is 10.3 Å². The van der Waals surface area contributed by atoms with Gasteiger partial charge in [0.15, 0.2) is 0 Å². The number of rotatable bonds is 13. The molecule has 1 aromatic heterocycles. The summed E-state index contributed by atoms with van der Waals surface area (Å²) in [6, 6.07) is 20.1. The smallest absolute Gasteiger partial charge is 0.407 e.